The normalized spacial score (nSPS) is 13.2. The lowest BCUT2D eigenvalue weighted by atomic mass is 9.99. The summed E-state index contributed by atoms with van der Waals surface area (Å²) >= 11 is 0. The van der Waals surface area contributed by atoms with Crippen molar-refractivity contribution in [3.05, 3.63) is 125 Å². The molecule has 0 radical (unpaired) electrons. The minimum absolute atomic E-state index is 0.201. The second-order valence-electron chi connectivity index (χ2n) is 9.46. The largest absolute Gasteiger partial charge is 0.354 e. The third kappa shape index (κ3) is 6.24. The molecule has 192 valence electrons. The Labute approximate surface area is 228 Å². The highest BCUT2D eigenvalue weighted by atomic mass is 16.2. The van der Waals surface area contributed by atoms with Crippen LogP contribution in [0, 0.1) is 11.8 Å². The van der Waals surface area contributed by atoms with Crippen molar-refractivity contribution in [2.75, 3.05) is 30.0 Å². The average Bonchev–Trinajstić information content (AvgIpc) is 3.27. The Morgan fingerprint density at radius 1 is 0.821 bits per heavy atom. The van der Waals surface area contributed by atoms with Crippen molar-refractivity contribution in [2.45, 2.75) is 6.54 Å². The fourth-order valence-corrected chi connectivity index (χ4v) is 4.40. The Morgan fingerprint density at radius 3 is 2.18 bits per heavy atom. The van der Waals surface area contributed by atoms with E-state index in [1.807, 2.05) is 86.9 Å². The molecule has 0 saturated carbocycles. The van der Waals surface area contributed by atoms with Gasteiger partial charge in [-0.15, -0.1) is 0 Å². The smallest absolute Gasteiger partial charge is 0.300 e. The van der Waals surface area contributed by atoms with Gasteiger partial charge in [0, 0.05) is 35.0 Å². The molecular weight excluding hydrogens is 484 g/mol. The van der Waals surface area contributed by atoms with Gasteiger partial charge in [-0.25, -0.2) is 0 Å². The molecule has 0 fully saturated rings. The molecule has 1 aliphatic rings. The van der Waals surface area contributed by atoms with Gasteiger partial charge in [0.1, 0.15) is 0 Å². The number of hydrogen-bond donors (Lipinski definition) is 3. The molecule has 0 saturated heterocycles. The van der Waals surface area contributed by atoms with Gasteiger partial charge in [0.05, 0.1) is 17.0 Å². The summed E-state index contributed by atoms with van der Waals surface area (Å²) in [5.74, 6) is 4.91. The fraction of sp³-hybridized carbons (Fsp3) is 0.0909. The first-order chi connectivity index (χ1) is 19.0. The van der Waals surface area contributed by atoms with Crippen molar-refractivity contribution in [3.8, 4) is 11.8 Å². The molecule has 2 amide bonds. The Balaban J connectivity index is 1.45. The first-order valence-electron chi connectivity index (χ1n) is 12.6. The number of benzene rings is 4. The van der Waals surface area contributed by atoms with Crippen LogP contribution in [0.1, 0.15) is 22.3 Å². The van der Waals surface area contributed by atoms with E-state index in [1.165, 1.54) is 5.56 Å². The number of carbonyl (C=O) groups is 2. The molecule has 6 heteroatoms. The number of para-hydroxylation sites is 1. The van der Waals surface area contributed by atoms with Crippen LogP contribution in [0.15, 0.2) is 103 Å². The van der Waals surface area contributed by atoms with Gasteiger partial charge in [0.2, 0.25) is 0 Å². The van der Waals surface area contributed by atoms with E-state index in [1.54, 1.807) is 18.2 Å². The first-order valence-corrected chi connectivity index (χ1v) is 12.6. The Bertz CT molecular complexity index is 1600. The van der Waals surface area contributed by atoms with Crippen molar-refractivity contribution in [2.24, 2.45) is 0 Å². The molecule has 39 heavy (non-hydrogen) atoms. The second-order valence-corrected chi connectivity index (χ2v) is 9.46. The number of fused-ring (bicyclic) bond motifs is 1. The maximum absolute atomic E-state index is 13.3. The van der Waals surface area contributed by atoms with Gasteiger partial charge in [-0.05, 0) is 61.6 Å². The van der Waals surface area contributed by atoms with E-state index in [-0.39, 0.29) is 5.91 Å². The predicted molar refractivity (Wildman–Crippen MR) is 158 cm³/mol. The molecular formula is C33H28N4O2. The first kappa shape index (κ1) is 25.5. The topological polar surface area (TPSA) is 73.5 Å². The van der Waals surface area contributed by atoms with Crippen molar-refractivity contribution < 1.29 is 9.59 Å². The molecule has 0 unspecified atom stereocenters. The molecule has 4 aromatic rings. The fourth-order valence-electron chi connectivity index (χ4n) is 4.40. The summed E-state index contributed by atoms with van der Waals surface area (Å²) in [5, 5.41) is 9.21. The monoisotopic (exact) mass is 512 g/mol. The van der Waals surface area contributed by atoms with Gasteiger partial charge in [-0.2, -0.15) is 0 Å². The van der Waals surface area contributed by atoms with Crippen LogP contribution in [0.4, 0.5) is 17.1 Å². The molecule has 0 aliphatic carbocycles. The van der Waals surface area contributed by atoms with Crippen molar-refractivity contribution in [3.63, 3.8) is 0 Å². The second kappa shape index (κ2) is 11.5. The lowest BCUT2D eigenvalue weighted by molar-refractivity contribution is -0.111. The third-order valence-electron chi connectivity index (χ3n) is 6.15. The Kier molecular flexibility index (Phi) is 7.53. The van der Waals surface area contributed by atoms with Gasteiger partial charge in [0.25, 0.3) is 5.91 Å². The Morgan fingerprint density at radius 2 is 1.49 bits per heavy atom. The predicted octanol–water partition coefficient (Wildman–Crippen LogP) is 5.67. The van der Waals surface area contributed by atoms with Gasteiger partial charge in [0.15, 0.2) is 0 Å². The summed E-state index contributed by atoms with van der Waals surface area (Å²) in [5.41, 5.74) is 6.99. The molecule has 0 aromatic heterocycles. The zero-order valence-electron chi connectivity index (χ0n) is 21.8. The highest BCUT2D eigenvalue weighted by Gasteiger charge is 2.28. The summed E-state index contributed by atoms with van der Waals surface area (Å²) in [6, 6.07) is 32.7. The molecule has 1 heterocycles. The lowest BCUT2D eigenvalue weighted by Gasteiger charge is -2.16. The minimum Gasteiger partial charge on any atom is -0.354 e. The number of nitrogens with zero attached hydrogens (tertiary/aromatic N) is 1. The maximum Gasteiger partial charge on any atom is 0.300 e. The summed E-state index contributed by atoms with van der Waals surface area (Å²) in [7, 11) is 4.08. The zero-order chi connectivity index (χ0) is 27.2. The van der Waals surface area contributed by atoms with Crippen LogP contribution in [0.25, 0.3) is 11.3 Å². The SMILES string of the molecule is CN(C)Cc1ccc(NC(=C2C(=O)Nc3cc(C#CC(=O)Nc4ccccc4)ccc32)c2ccccc2)cc1. The summed E-state index contributed by atoms with van der Waals surface area (Å²) in [4.78, 5) is 27.6. The number of carbonyl (C=O) groups excluding carboxylic acids is 2. The molecule has 0 atom stereocenters. The van der Waals surface area contributed by atoms with E-state index >= 15 is 0 Å². The van der Waals surface area contributed by atoms with Crippen LogP contribution in [0.5, 0.6) is 0 Å². The molecule has 3 N–H and O–H groups in total. The minimum atomic E-state index is -0.404. The van der Waals surface area contributed by atoms with Gasteiger partial charge in [-0.1, -0.05) is 72.7 Å². The van der Waals surface area contributed by atoms with Crippen LogP contribution in [0.3, 0.4) is 0 Å². The van der Waals surface area contributed by atoms with Crippen LogP contribution < -0.4 is 16.0 Å². The highest BCUT2D eigenvalue weighted by Crippen LogP contribution is 2.38. The quantitative estimate of drug-likeness (QED) is 0.230. The summed E-state index contributed by atoms with van der Waals surface area (Å²) < 4.78 is 0. The van der Waals surface area contributed by atoms with E-state index in [9.17, 15) is 9.59 Å². The van der Waals surface area contributed by atoms with E-state index in [4.69, 9.17) is 0 Å². The number of nitrogens with one attached hydrogen (secondary N) is 3. The van der Waals surface area contributed by atoms with Crippen LogP contribution >= 0.6 is 0 Å². The molecule has 5 rings (SSSR count). The van der Waals surface area contributed by atoms with Gasteiger partial charge < -0.3 is 20.9 Å². The van der Waals surface area contributed by atoms with E-state index in [2.05, 4.69) is 44.8 Å². The highest BCUT2D eigenvalue weighted by molar-refractivity contribution is 6.37. The summed E-state index contributed by atoms with van der Waals surface area (Å²) in [6.07, 6.45) is 0. The van der Waals surface area contributed by atoms with E-state index < -0.39 is 5.91 Å². The molecule has 1 aliphatic heterocycles. The number of amides is 2. The van der Waals surface area contributed by atoms with Gasteiger partial charge in [-0.3, -0.25) is 9.59 Å². The maximum atomic E-state index is 13.3. The van der Waals surface area contributed by atoms with E-state index in [0.717, 1.165) is 23.4 Å². The summed E-state index contributed by atoms with van der Waals surface area (Å²) in [6.45, 7) is 0.849. The van der Waals surface area contributed by atoms with Crippen molar-refractivity contribution >= 4 is 40.1 Å². The molecule has 0 bridgehead atoms. The zero-order valence-corrected chi connectivity index (χ0v) is 21.8. The van der Waals surface area contributed by atoms with Crippen LogP contribution in [-0.2, 0) is 16.1 Å². The Hall–Kier alpha value is -5.12. The van der Waals surface area contributed by atoms with Crippen molar-refractivity contribution in [1.82, 2.24) is 4.90 Å². The standard InChI is InChI=1S/C33H28N4O2/c1-37(2)22-24-13-17-27(18-14-24)35-32(25-9-5-3-6-10-25)31-28-19-15-23(21-29(28)36-33(31)39)16-20-30(38)34-26-11-7-4-8-12-26/h3-15,17-19,21,35H,22H2,1-2H3,(H,34,38)(H,36,39). The number of rotatable bonds is 6. The molecule has 6 nitrogen and oxygen atoms in total. The van der Waals surface area contributed by atoms with Crippen molar-refractivity contribution in [1.29, 1.82) is 0 Å². The lowest BCUT2D eigenvalue weighted by Crippen LogP contribution is -2.11. The van der Waals surface area contributed by atoms with Crippen LogP contribution in [-0.4, -0.2) is 30.8 Å². The number of hydrogen-bond acceptors (Lipinski definition) is 4. The number of anilines is 3. The average molecular weight is 513 g/mol. The van der Waals surface area contributed by atoms with E-state index in [0.29, 0.717) is 28.2 Å². The van der Waals surface area contributed by atoms with Crippen LogP contribution in [0.2, 0.25) is 0 Å². The third-order valence-corrected chi connectivity index (χ3v) is 6.15. The molecule has 0 spiro atoms. The van der Waals surface area contributed by atoms with Gasteiger partial charge >= 0.3 is 5.91 Å². The molecule has 4 aromatic carbocycles.